The number of sulfonamides is 1. The van der Waals surface area contributed by atoms with Crippen molar-refractivity contribution in [2.75, 3.05) is 24.2 Å². The third kappa shape index (κ3) is 4.62. The van der Waals surface area contributed by atoms with E-state index in [2.05, 4.69) is 4.72 Å². The molecule has 2 N–H and O–H groups in total. The van der Waals surface area contributed by atoms with Gasteiger partial charge in [0.1, 0.15) is 5.75 Å². The van der Waals surface area contributed by atoms with Gasteiger partial charge >= 0.3 is 0 Å². The highest BCUT2D eigenvalue weighted by Crippen LogP contribution is 2.24. The lowest BCUT2D eigenvalue weighted by molar-refractivity contribution is 0.199. The summed E-state index contributed by atoms with van der Waals surface area (Å²) in [6.07, 6.45) is 0.415. The zero-order valence-corrected chi connectivity index (χ0v) is 10.8. The van der Waals surface area contributed by atoms with Crippen LogP contribution in [0.1, 0.15) is 12.0 Å². The predicted octanol–water partition coefficient (Wildman–Crippen LogP) is 1.48. The van der Waals surface area contributed by atoms with Crippen molar-refractivity contribution in [3.63, 3.8) is 0 Å². The number of phenols is 1. The molecule has 0 saturated heterocycles. The summed E-state index contributed by atoms with van der Waals surface area (Å²) in [6, 6.07) is 4.78. The Bertz CT molecular complexity index is 470. The molecule has 0 unspecified atom stereocenters. The molecule has 5 nitrogen and oxygen atoms in total. The van der Waals surface area contributed by atoms with Gasteiger partial charge in [0.15, 0.2) is 0 Å². The van der Waals surface area contributed by atoms with Gasteiger partial charge < -0.3 is 9.84 Å². The molecule has 0 spiro atoms. The fourth-order valence-corrected chi connectivity index (χ4v) is 2.45. The van der Waals surface area contributed by atoms with E-state index in [1.807, 2.05) is 6.92 Å². The smallest absolute Gasteiger partial charge is 0.232 e. The van der Waals surface area contributed by atoms with Gasteiger partial charge in [-0.2, -0.15) is 0 Å². The van der Waals surface area contributed by atoms with Crippen LogP contribution < -0.4 is 4.72 Å². The molecule has 0 radical (unpaired) electrons. The highest BCUT2D eigenvalue weighted by atomic mass is 32.2. The van der Waals surface area contributed by atoms with Gasteiger partial charge in [-0.25, -0.2) is 8.42 Å². The van der Waals surface area contributed by atoms with E-state index < -0.39 is 10.0 Å². The molecule has 0 aromatic heterocycles. The van der Waals surface area contributed by atoms with Gasteiger partial charge in [0.2, 0.25) is 10.0 Å². The number of ether oxygens (including phenoxy) is 1. The van der Waals surface area contributed by atoms with E-state index in [0.717, 1.165) is 5.56 Å². The van der Waals surface area contributed by atoms with Crippen LogP contribution in [0.2, 0.25) is 0 Å². The maximum atomic E-state index is 11.6. The van der Waals surface area contributed by atoms with Crippen LogP contribution in [0, 0.1) is 6.92 Å². The van der Waals surface area contributed by atoms with E-state index in [4.69, 9.17) is 4.74 Å². The molecule has 0 aliphatic carbocycles. The molecule has 0 bridgehead atoms. The van der Waals surface area contributed by atoms with E-state index in [1.54, 1.807) is 12.1 Å². The molecule has 0 atom stereocenters. The molecular formula is C11H17NO4S. The van der Waals surface area contributed by atoms with Gasteiger partial charge in [0.05, 0.1) is 11.4 Å². The van der Waals surface area contributed by atoms with Crippen LogP contribution in [0.25, 0.3) is 0 Å². The third-order valence-corrected chi connectivity index (χ3v) is 3.54. The predicted molar refractivity (Wildman–Crippen MR) is 66.7 cm³/mol. The second-order valence-corrected chi connectivity index (χ2v) is 5.63. The van der Waals surface area contributed by atoms with Crippen molar-refractivity contribution in [3.05, 3.63) is 23.8 Å². The largest absolute Gasteiger partial charge is 0.506 e. The van der Waals surface area contributed by atoms with Crippen molar-refractivity contribution in [2.24, 2.45) is 0 Å². The highest BCUT2D eigenvalue weighted by molar-refractivity contribution is 7.92. The summed E-state index contributed by atoms with van der Waals surface area (Å²) in [7, 11) is -1.91. The summed E-state index contributed by atoms with van der Waals surface area (Å²) in [5, 5.41) is 9.57. The minimum absolute atomic E-state index is 0.0336. The van der Waals surface area contributed by atoms with Crippen LogP contribution in [-0.2, 0) is 14.8 Å². The summed E-state index contributed by atoms with van der Waals surface area (Å²) in [5.74, 6) is -0.103. The second kappa shape index (κ2) is 5.88. The Labute approximate surface area is 101 Å². The first-order valence-corrected chi connectivity index (χ1v) is 6.89. The molecule has 1 rings (SSSR count). The number of phenolic OH excluding ortho intramolecular Hbond substituents is 1. The van der Waals surface area contributed by atoms with Crippen molar-refractivity contribution in [1.29, 1.82) is 0 Å². The van der Waals surface area contributed by atoms with Crippen LogP contribution in [0.4, 0.5) is 5.69 Å². The van der Waals surface area contributed by atoms with Gasteiger partial charge in [-0.3, -0.25) is 4.72 Å². The molecular weight excluding hydrogens is 242 g/mol. The van der Waals surface area contributed by atoms with E-state index in [1.165, 1.54) is 13.2 Å². The van der Waals surface area contributed by atoms with Gasteiger partial charge in [-0.1, -0.05) is 6.07 Å². The first-order chi connectivity index (χ1) is 7.94. The van der Waals surface area contributed by atoms with Crippen LogP contribution in [0.3, 0.4) is 0 Å². The van der Waals surface area contributed by atoms with Crippen molar-refractivity contribution in [3.8, 4) is 5.75 Å². The average molecular weight is 259 g/mol. The number of aromatic hydroxyl groups is 1. The summed E-state index contributed by atoms with van der Waals surface area (Å²) < 4.78 is 30.4. The normalized spacial score (nSPS) is 11.4. The highest BCUT2D eigenvalue weighted by Gasteiger charge is 2.12. The molecule has 0 heterocycles. The van der Waals surface area contributed by atoms with Gasteiger partial charge in [-0.05, 0) is 31.0 Å². The minimum atomic E-state index is -3.43. The number of rotatable bonds is 6. The van der Waals surface area contributed by atoms with Gasteiger partial charge in [-0.15, -0.1) is 0 Å². The van der Waals surface area contributed by atoms with Crippen molar-refractivity contribution in [1.82, 2.24) is 0 Å². The Hall–Kier alpha value is -1.27. The van der Waals surface area contributed by atoms with Crippen LogP contribution in [-0.4, -0.2) is 33.0 Å². The summed E-state index contributed by atoms with van der Waals surface area (Å²) in [4.78, 5) is 0. The molecule has 96 valence electrons. The molecule has 1 aromatic carbocycles. The topological polar surface area (TPSA) is 75.6 Å². The fourth-order valence-electron chi connectivity index (χ4n) is 1.34. The van der Waals surface area contributed by atoms with Gasteiger partial charge in [0.25, 0.3) is 0 Å². The zero-order valence-electron chi connectivity index (χ0n) is 9.93. The van der Waals surface area contributed by atoms with Gasteiger partial charge in [0, 0.05) is 13.7 Å². The van der Waals surface area contributed by atoms with E-state index in [0.29, 0.717) is 13.0 Å². The second-order valence-electron chi connectivity index (χ2n) is 3.79. The Kier molecular flexibility index (Phi) is 4.77. The molecule has 0 amide bonds. The van der Waals surface area contributed by atoms with Crippen LogP contribution >= 0.6 is 0 Å². The summed E-state index contributed by atoms with van der Waals surface area (Å²) in [5.41, 5.74) is 1.07. The van der Waals surface area contributed by atoms with Crippen molar-refractivity contribution < 1.29 is 18.3 Å². The number of nitrogens with one attached hydrogen (secondary N) is 1. The summed E-state index contributed by atoms with van der Waals surface area (Å²) in [6.45, 7) is 2.21. The third-order valence-electron chi connectivity index (χ3n) is 2.18. The summed E-state index contributed by atoms with van der Waals surface area (Å²) >= 11 is 0. The first kappa shape index (κ1) is 13.8. The Morgan fingerprint density at radius 1 is 1.41 bits per heavy atom. The molecule has 6 heteroatoms. The molecule has 0 aliphatic heterocycles. The maximum absolute atomic E-state index is 11.6. The maximum Gasteiger partial charge on any atom is 0.232 e. The Morgan fingerprint density at radius 3 is 2.71 bits per heavy atom. The molecule has 0 fully saturated rings. The van der Waals surface area contributed by atoms with Crippen LogP contribution in [0.15, 0.2) is 18.2 Å². The fraction of sp³-hybridized carbons (Fsp3) is 0.455. The monoisotopic (exact) mass is 259 g/mol. The van der Waals surface area contributed by atoms with Crippen molar-refractivity contribution in [2.45, 2.75) is 13.3 Å². The number of anilines is 1. The number of hydrogen-bond acceptors (Lipinski definition) is 4. The van der Waals surface area contributed by atoms with Crippen molar-refractivity contribution >= 4 is 15.7 Å². The zero-order chi connectivity index (χ0) is 12.9. The first-order valence-electron chi connectivity index (χ1n) is 5.23. The van der Waals surface area contributed by atoms with Crippen LogP contribution in [0.5, 0.6) is 5.75 Å². The molecule has 1 aromatic rings. The number of aryl methyl sites for hydroxylation is 1. The molecule has 0 saturated carbocycles. The van der Waals surface area contributed by atoms with E-state index in [-0.39, 0.29) is 17.2 Å². The molecule has 17 heavy (non-hydrogen) atoms. The van der Waals surface area contributed by atoms with E-state index >= 15 is 0 Å². The minimum Gasteiger partial charge on any atom is -0.506 e. The lowest BCUT2D eigenvalue weighted by atomic mass is 10.2. The quantitative estimate of drug-likeness (QED) is 0.599. The SMILES string of the molecule is COCCCS(=O)(=O)Nc1ccc(C)cc1O. The number of methoxy groups -OCH3 is 1. The molecule has 0 aliphatic rings. The lowest BCUT2D eigenvalue weighted by Gasteiger charge is -2.09. The number of hydrogen-bond donors (Lipinski definition) is 2. The Balaban J connectivity index is 2.69. The number of benzene rings is 1. The van der Waals surface area contributed by atoms with E-state index in [9.17, 15) is 13.5 Å². The Morgan fingerprint density at radius 2 is 2.12 bits per heavy atom. The standard InChI is InChI=1S/C11H17NO4S/c1-9-4-5-10(11(13)8-9)12-17(14,15)7-3-6-16-2/h4-5,8,12-13H,3,6-7H2,1-2H3. The lowest BCUT2D eigenvalue weighted by Crippen LogP contribution is -2.17. The average Bonchev–Trinajstić information content (AvgIpc) is 2.22.